The van der Waals surface area contributed by atoms with Crippen molar-refractivity contribution in [2.75, 3.05) is 18.5 Å². The van der Waals surface area contributed by atoms with Gasteiger partial charge in [-0.05, 0) is 24.3 Å². The number of alkyl halides is 3. The summed E-state index contributed by atoms with van der Waals surface area (Å²) in [5, 5.41) is 16.3. The maximum Gasteiger partial charge on any atom is 0.471 e. The van der Waals surface area contributed by atoms with E-state index in [-0.39, 0.29) is 17.2 Å². The van der Waals surface area contributed by atoms with E-state index in [1.54, 1.807) is 17.1 Å². The Balaban J connectivity index is 1.48. The van der Waals surface area contributed by atoms with Gasteiger partial charge in [0.05, 0.1) is 42.1 Å². The van der Waals surface area contributed by atoms with Gasteiger partial charge < -0.3 is 14.8 Å². The van der Waals surface area contributed by atoms with E-state index in [0.717, 1.165) is 5.56 Å². The fourth-order valence-electron chi connectivity index (χ4n) is 4.80. The molecule has 1 aliphatic carbocycles. The summed E-state index contributed by atoms with van der Waals surface area (Å²) in [5.74, 6) is -2.88. The normalized spacial score (nSPS) is 17.8. The van der Waals surface area contributed by atoms with Crippen molar-refractivity contribution in [2.24, 2.45) is 0 Å². The summed E-state index contributed by atoms with van der Waals surface area (Å²) in [7, 11) is 0. The number of benzene rings is 1. The Hall–Kier alpha value is -3.20. The van der Waals surface area contributed by atoms with E-state index < -0.39 is 17.9 Å². The molecule has 7 nitrogen and oxygen atoms in total. The number of nitriles is 1. The van der Waals surface area contributed by atoms with Crippen LogP contribution in [0.2, 0.25) is 0 Å². The zero-order chi connectivity index (χ0) is 25.3. The molecule has 1 amide bonds. The first-order chi connectivity index (χ1) is 17.3. The highest BCUT2D eigenvalue weighted by Crippen LogP contribution is 2.50. The van der Waals surface area contributed by atoms with Crippen LogP contribution in [0.15, 0.2) is 42.7 Å². The number of amides is 1. The Morgan fingerprint density at radius 2 is 1.92 bits per heavy atom. The quantitative estimate of drug-likeness (QED) is 0.488. The first kappa shape index (κ1) is 24.5. The summed E-state index contributed by atoms with van der Waals surface area (Å²) in [6, 6.07) is 11.7. The van der Waals surface area contributed by atoms with Crippen molar-refractivity contribution in [1.29, 1.82) is 5.26 Å². The number of hydrogen-bond donors (Lipinski definition) is 1. The van der Waals surface area contributed by atoms with E-state index in [4.69, 9.17) is 9.47 Å². The van der Waals surface area contributed by atoms with Crippen LogP contribution in [-0.2, 0) is 20.8 Å². The van der Waals surface area contributed by atoms with Crippen molar-refractivity contribution in [2.45, 2.75) is 50.1 Å². The molecule has 2 aliphatic rings. The van der Waals surface area contributed by atoms with Crippen LogP contribution in [0.25, 0.3) is 10.4 Å². The minimum atomic E-state index is -5.07. The van der Waals surface area contributed by atoms with Gasteiger partial charge in [-0.3, -0.25) is 9.48 Å². The molecule has 0 atom stereocenters. The Morgan fingerprint density at radius 1 is 1.22 bits per heavy atom. The number of carbonyl (C=O) groups is 1. The lowest BCUT2D eigenvalue weighted by Crippen LogP contribution is -2.35. The molecule has 2 fully saturated rings. The second-order valence-corrected chi connectivity index (χ2v) is 9.96. The fourth-order valence-corrected chi connectivity index (χ4v) is 6.15. The molecule has 1 spiro atoms. The molecule has 1 aliphatic heterocycles. The highest BCUT2D eigenvalue weighted by molar-refractivity contribution is 7.16. The molecule has 11 heteroatoms. The number of carbonyl (C=O) groups excluding carboxylic acids is 1. The van der Waals surface area contributed by atoms with Gasteiger partial charge in [-0.25, -0.2) is 0 Å². The molecule has 5 rings (SSSR count). The zero-order valence-corrected chi connectivity index (χ0v) is 20.0. The summed E-state index contributed by atoms with van der Waals surface area (Å²) in [5.41, 5.74) is 1.59. The standard InChI is InChI=1S/C25H23F3N4O3S/c26-25(27,28)23(33)31-20-19(12-29)21(18-13-30-32(15-18)14-16-4-2-1-3-5-16)36-22(20)17-6-8-24(9-7-17)34-10-11-35-24/h1-5,13,15,17H,6-11,14H2,(H,31,33). The number of rotatable bonds is 5. The molecule has 0 radical (unpaired) electrons. The maximum atomic E-state index is 13.1. The second-order valence-electron chi connectivity index (χ2n) is 8.90. The van der Waals surface area contributed by atoms with Crippen LogP contribution in [0.1, 0.15) is 47.6 Å². The first-order valence-corrected chi connectivity index (χ1v) is 12.4. The Kier molecular flexibility index (Phi) is 6.59. The SMILES string of the molecule is N#Cc1c(-c2cnn(Cc3ccccc3)c2)sc(C2CCC3(CC2)OCCO3)c1NC(=O)C(F)(F)F. The van der Waals surface area contributed by atoms with Crippen LogP contribution in [-0.4, -0.2) is 40.9 Å². The number of ether oxygens (including phenoxy) is 2. The molecule has 2 aromatic heterocycles. The van der Waals surface area contributed by atoms with Crippen LogP contribution < -0.4 is 5.32 Å². The van der Waals surface area contributed by atoms with Crippen molar-refractivity contribution in [3.63, 3.8) is 0 Å². The number of hydrogen-bond acceptors (Lipinski definition) is 6. The summed E-state index contributed by atoms with van der Waals surface area (Å²) >= 11 is 1.23. The third-order valence-electron chi connectivity index (χ3n) is 6.56. The molecule has 188 valence electrons. The van der Waals surface area contributed by atoms with Gasteiger partial charge in [0.25, 0.3) is 0 Å². The van der Waals surface area contributed by atoms with E-state index in [2.05, 4.69) is 5.10 Å². The van der Waals surface area contributed by atoms with E-state index in [0.29, 0.717) is 60.8 Å². The Morgan fingerprint density at radius 3 is 2.56 bits per heavy atom. The number of aromatic nitrogens is 2. The number of halogens is 3. The predicted molar refractivity (Wildman–Crippen MR) is 126 cm³/mol. The lowest BCUT2D eigenvalue weighted by atomic mass is 9.83. The molecular weight excluding hydrogens is 493 g/mol. The first-order valence-electron chi connectivity index (χ1n) is 11.6. The molecule has 3 aromatic rings. The van der Waals surface area contributed by atoms with Crippen molar-refractivity contribution in [3.05, 3.63) is 58.7 Å². The minimum Gasteiger partial charge on any atom is -0.348 e. The van der Waals surface area contributed by atoms with Crippen molar-refractivity contribution >= 4 is 22.9 Å². The number of thiophene rings is 1. The smallest absolute Gasteiger partial charge is 0.348 e. The largest absolute Gasteiger partial charge is 0.471 e. The van der Waals surface area contributed by atoms with Gasteiger partial charge in [-0.15, -0.1) is 11.3 Å². The molecule has 36 heavy (non-hydrogen) atoms. The third kappa shape index (κ3) is 4.89. The number of nitrogens with zero attached hydrogens (tertiary/aromatic N) is 3. The van der Waals surface area contributed by atoms with E-state index in [1.165, 1.54) is 11.3 Å². The van der Waals surface area contributed by atoms with E-state index >= 15 is 0 Å². The minimum absolute atomic E-state index is 0.0144. The van der Waals surface area contributed by atoms with Gasteiger partial charge in [0.15, 0.2) is 5.79 Å². The summed E-state index contributed by atoms with van der Waals surface area (Å²) in [6.45, 7) is 1.54. The lowest BCUT2D eigenvalue weighted by Gasteiger charge is -2.35. The van der Waals surface area contributed by atoms with Gasteiger partial charge in [0, 0.05) is 29.5 Å². The van der Waals surface area contributed by atoms with Crippen molar-refractivity contribution < 1.29 is 27.4 Å². The van der Waals surface area contributed by atoms with Gasteiger partial charge in [0.2, 0.25) is 0 Å². The van der Waals surface area contributed by atoms with E-state index in [1.807, 2.05) is 41.7 Å². The molecular formula is C25H23F3N4O3S. The van der Waals surface area contributed by atoms with E-state index in [9.17, 15) is 23.2 Å². The van der Waals surface area contributed by atoms with Crippen LogP contribution in [0.4, 0.5) is 18.9 Å². The third-order valence-corrected chi connectivity index (χ3v) is 7.96. The van der Waals surface area contributed by atoms with Gasteiger partial charge in [-0.2, -0.15) is 23.5 Å². The topological polar surface area (TPSA) is 89.2 Å². The highest BCUT2D eigenvalue weighted by Gasteiger charge is 2.43. The average Bonchev–Trinajstić information content (AvgIpc) is 3.59. The molecule has 1 aromatic carbocycles. The molecule has 1 N–H and O–H groups in total. The van der Waals surface area contributed by atoms with Crippen LogP contribution in [0, 0.1) is 11.3 Å². The van der Waals surface area contributed by atoms with Crippen molar-refractivity contribution in [3.8, 4) is 16.5 Å². The van der Waals surface area contributed by atoms with Crippen LogP contribution in [0.5, 0.6) is 0 Å². The summed E-state index contributed by atoms with van der Waals surface area (Å²) in [4.78, 5) is 12.9. The molecule has 0 bridgehead atoms. The summed E-state index contributed by atoms with van der Waals surface area (Å²) in [6.07, 6.45) is 0.664. The van der Waals surface area contributed by atoms with Gasteiger partial charge >= 0.3 is 12.1 Å². The van der Waals surface area contributed by atoms with Crippen molar-refractivity contribution in [1.82, 2.24) is 9.78 Å². The van der Waals surface area contributed by atoms with Gasteiger partial charge in [-0.1, -0.05) is 30.3 Å². The Labute approximate surface area is 209 Å². The average molecular weight is 517 g/mol. The second kappa shape index (κ2) is 9.69. The number of nitrogens with one attached hydrogen (secondary N) is 1. The lowest BCUT2D eigenvalue weighted by molar-refractivity contribution is -0.178. The van der Waals surface area contributed by atoms with Gasteiger partial charge in [0.1, 0.15) is 6.07 Å². The molecule has 0 unspecified atom stereocenters. The maximum absolute atomic E-state index is 13.1. The zero-order valence-electron chi connectivity index (χ0n) is 19.2. The summed E-state index contributed by atoms with van der Waals surface area (Å²) < 4.78 is 52.7. The Bertz CT molecular complexity index is 1280. The molecule has 3 heterocycles. The van der Waals surface area contributed by atoms with Crippen LogP contribution in [0.3, 0.4) is 0 Å². The highest BCUT2D eigenvalue weighted by atomic mass is 32.1. The van der Waals surface area contributed by atoms with Crippen LogP contribution >= 0.6 is 11.3 Å². The monoisotopic (exact) mass is 516 g/mol. The predicted octanol–water partition coefficient (Wildman–Crippen LogP) is 5.43. The fraction of sp³-hybridized carbons (Fsp3) is 0.400. The molecule has 1 saturated heterocycles. The number of anilines is 1. The molecule has 1 saturated carbocycles.